The Morgan fingerprint density at radius 3 is 2.90 bits per heavy atom. The number of fused-ring (bicyclic) bond motifs is 2. The lowest BCUT2D eigenvalue weighted by molar-refractivity contribution is -0.149. The normalized spacial score (nSPS) is 22.2. The predicted octanol–water partition coefficient (Wildman–Crippen LogP) is 2.04. The van der Waals surface area contributed by atoms with Crippen molar-refractivity contribution in [3.63, 3.8) is 0 Å². The number of rotatable bonds is 10. The lowest BCUT2D eigenvalue weighted by atomic mass is 10.0. The number of carbonyl (C=O) groups is 1. The number of esters is 1. The number of aliphatic hydroxyl groups is 1. The molecule has 3 aromatic rings. The molecule has 5 N–H and O–H groups in total. The summed E-state index contributed by atoms with van der Waals surface area (Å²) >= 11 is 0. The molecular formula is C25H31N6O9P. The number of nitrogens with one attached hydrogen (secondary N) is 2. The van der Waals surface area contributed by atoms with Gasteiger partial charge in [0.1, 0.15) is 6.04 Å². The van der Waals surface area contributed by atoms with Crippen LogP contribution in [0.4, 0.5) is 5.95 Å². The second-order valence-corrected chi connectivity index (χ2v) is 11.7. The number of carbonyl (C=O) groups excluding carboxylic acids is 1. The quantitative estimate of drug-likeness (QED) is 0.152. The summed E-state index contributed by atoms with van der Waals surface area (Å²) in [5.41, 5.74) is 6.07. The first-order valence-electron chi connectivity index (χ1n) is 12.9. The Hall–Kier alpha value is -3.91. The van der Waals surface area contributed by atoms with E-state index in [9.17, 15) is 19.3 Å². The monoisotopic (exact) mass is 590 g/mol. The van der Waals surface area contributed by atoms with E-state index in [0.29, 0.717) is 11.3 Å². The molecule has 2 aromatic heterocycles. The molecule has 0 saturated heterocycles. The van der Waals surface area contributed by atoms with Crippen molar-refractivity contribution >= 4 is 30.8 Å². The molecule has 0 bridgehead atoms. The van der Waals surface area contributed by atoms with Gasteiger partial charge in [0.15, 0.2) is 22.7 Å². The summed E-state index contributed by atoms with van der Waals surface area (Å²) in [5.74, 6) is -0.745. The molecule has 220 valence electrons. The van der Waals surface area contributed by atoms with Crippen LogP contribution in [0.25, 0.3) is 11.2 Å². The van der Waals surface area contributed by atoms with Crippen LogP contribution in [0.1, 0.15) is 33.2 Å². The van der Waals surface area contributed by atoms with Gasteiger partial charge in [-0.1, -0.05) is 12.6 Å². The van der Waals surface area contributed by atoms with Gasteiger partial charge < -0.3 is 34.1 Å². The van der Waals surface area contributed by atoms with Crippen LogP contribution in [-0.4, -0.2) is 62.2 Å². The number of benzene rings is 1. The van der Waals surface area contributed by atoms with Crippen molar-refractivity contribution in [2.45, 2.75) is 51.5 Å². The highest BCUT2D eigenvalue weighted by molar-refractivity contribution is 7.52. The Morgan fingerprint density at radius 2 is 2.15 bits per heavy atom. The van der Waals surface area contributed by atoms with Gasteiger partial charge in [-0.2, -0.15) is 10.1 Å². The molecule has 0 amide bonds. The summed E-state index contributed by atoms with van der Waals surface area (Å²) in [4.78, 5) is 35.4. The van der Waals surface area contributed by atoms with Crippen molar-refractivity contribution in [1.29, 1.82) is 0 Å². The Morgan fingerprint density at radius 1 is 1.37 bits per heavy atom. The minimum atomic E-state index is -4.30. The first-order valence-corrected chi connectivity index (χ1v) is 14.4. The molecule has 5 rings (SSSR count). The molecule has 5 atom stereocenters. The molecule has 0 unspecified atom stereocenters. The van der Waals surface area contributed by atoms with Crippen molar-refractivity contribution in [3.05, 3.63) is 47.0 Å². The van der Waals surface area contributed by atoms with E-state index in [0.717, 1.165) is 0 Å². The zero-order valence-corrected chi connectivity index (χ0v) is 23.5. The van der Waals surface area contributed by atoms with Crippen molar-refractivity contribution in [3.8, 4) is 17.2 Å². The van der Waals surface area contributed by atoms with E-state index in [1.807, 2.05) is 0 Å². The number of imidazole rings is 1. The number of hydrogen-bond donors (Lipinski definition) is 4. The van der Waals surface area contributed by atoms with Gasteiger partial charge in [-0.3, -0.25) is 19.1 Å². The number of anilines is 1. The van der Waals surface area contributed by atoms with Gasteiger partial charge in [-0.25, -0.2) is 9.55 Å². The minimum Gasteiger partial charge on any atom is -0.462 e. The number of nitrogens with two attached hydrogens (primary N) is 1. The van der Waals surface area contributed by atoms with E-state index in [4.69, 9.17) is 29.0 Å². The number of hydrogen-bond acceptors (Lipinski definition) is 12. The average molecular weight is 591 g/mol. The SMILES string of the molecule is C=C1[C@H](CO[P@](=O)(N[C@@H](C)C(=O)OC(C)C)Oc2cccc3c2OCO3)[C@@H](O)C[C@@H]1n1cnc2c(=O)[nH]c(N)nc21. The summed E-state index contributed by atoms with van der Waals surface area (Å²) in [6.07, 6.45) is 0.261. The second kappa shape index (κ2) is 11.2. The maximum Gasteiger partial charge on any atom is 0.459 e. The van der Waals surface area contributed by atoms with Gasteiger partial charge in [0.05, 0.1) is 31.2 Å². The third-order valence-electron chi connectivity index (χ3n) is 6.68. The van der Waals surface area contributed by atoms with Crippen LogP contribution in [0.2, 0.25) is 0 Å². The Bertz CT molecular complexity index is 1590. The highest BCUT2D eigenvalue weighted by Gasteiger charge is 2.42. The number of nitrogen functional groups attached to an aromatic ring is 1. The molecule has 2 aliphatic rings. The molecule has 1 fully saturated rings. The molecule has 41 heavy (non-hydrogen) atoms. The smallest absolute Gasteiger partial charge is 0.459 e. The number of ether oxygens (including phenoxy) is 3. The van der Waals surface area contributed by atoms with Crippen LogP contribution >= 0.6 is 7.75 Å². The van der Waals surface area contributed by atoms with Crippen LogP contribution in [0.3, 0.4) is 0 Å². The summed E-state index contributed by atoms with van der Waals surface area (Å²) in [6, 6.07) is 3.22. The summed E-state index contributed by atoms with van der Waals surface area (Å²) in [6.45, 7) is 8.64. The summed E-state index contributed by atoms with van der Waals surface area (Å²) in [7, 11) is -4.30. The van der Waals surface area contributed by atoms with Gasteiger partial charge in [-0.15, -0.1) is 0 Å². The molecular weight excluding hydrogens is 559 g/mol. The topological polar surface area (TPSA) is 202 Å². The van der Waals surface area contributed by atoms with Crippen LogP contribution in [-0.2, 0) is 18.6 Å². The fourth-order valence-corrected chi connectivity index (χ4v) is 6.24. The molecule has 0 radical (unpaired) electrons. The Kier molecular flexibility index (Phi) is 7.79. The molecule has 3 heterocycles. The van der Waals surface area contributed by atoms with Crippen molar-refractivity contribution in [1.82, 2.24) is 24.6 Å². The number of aliphatic hydroxyl groups excluding tert-OH is 1. The van der Waals surface area contributed by atoms with E-state index in [2.05, 4.69) is 26.6 Å². The van der Waals surface area contributed by atoms with Gasteiger partial charge >= 0.3 is 13.7 Å². The number of aromatic nitrogens is 4. The zero-order chi connectivity index (χ0) is 29.5. The van der Waals surface area contributed by atoms with Crippen LogP contribution in [0.5, 0.6) is 17.2 Å². The molecule has 1 aliphatic heterocycles. The first-order chi connectivity index (χ1) is 19.5. The van der Waals surface area contributed by atoms with Crippen molar-refractivity contribution in [2.75, 3.05) is 19.1 Å². The van der Waals surface area contributed by atoms with Gasteiger partial charge in [0.25, 0.3) is 5.56 Å². The average Bonchev–Trinajstić information content (AvgIpc) is 3.60. The standard InChI is InChI=1S/C25H31N6O9P/c1-12(2)39-24(34)14(4)30-41(35,40-19-7-5-6-18-21(19)37-11-36-18)38-9-15-13(3)16(8-17(15)32)31-10-27-20-22(31)28-25(26)29-23(20)33/h5-7,10,12,14-17,32H,3,8-9,11H2,1-2,4H3,(H,30,35)(H3,26,28,29,33)/t14-,15-,16-,17-,41+/m0/s1. The second-order valence-electron chi connectivity index (χ2n) is 9.99. The van der Waals surface area contributed by atoms with Gasteiger partial charge in [0, 0.05) is 5.92 Å². The van der Waals surface area contributed by atoms with E-state index in [-0.39, 0.29) is 48.4 Å². The molecule has 15 nitrogen and oxygen atoms in total. The lowest BCUT2D eigenvalue weighted by Gasteiger charge is -2.26. The summed E-state index contributed by atoms with van der Waals surface area (Å²) in [5, 5.41) is 13.6. The van der Waals surface area contributed by atoms with Gasteiger partial charge in [-0.05, 0) is 44.9 Å². The summed E-state index contributed by atoms with van der Waals surface area (Å²) < 4.78 is 43.3. The number of para-hydroxylation sites is 1. The third kappa shape index (κ3) is 5.79. The van der Waals surface area contributed by atoms with E-state index in [1.54, 1.807) is 30.5 Å². The maximum atomic E-state index is 14.1. The molecule has 1 aromatic carbocycles. The fraction of sp³-hybridized carbons (Fsp3) is 0.440. The Balaban J connectivity index is 1.37. The van der Waals surface area contributed by atoms with Crippen LogP contribution in [0, 0.1) is 5.92 Å². The number of nitrogens with zero attached hydrogens (tertiary/aromatic N) is 3. The zero-order valence-electron chi connectivity index (χ0n) is 22.6. The molecule has 1 saturated carbocycles. The highest BCUT2D eigenvalue weighted by atomic mass is 31.2. The maximum absolute atomic E-state index is 14.1. The molecule has 1 aliphatic carbocycles. The van der Waals surface area contributed by atoms with E-state index in [1.165, 1.54) is 19.3 Å². The molecule has 16 heteroatoms. The number of aromatic amines is 1. The highest BCUT2D eigenvalue weighted by Crippen LogP contribution is 2.52. The largest absolute Gasteiger partial charge is 0.462 e. The fourth-order valence-electron chi connectivity index (χ4n) is 4.72. The van der Waals surface area contributed by atoms with Crippen LogP contribution < -0.4 is 30.4 Å². The van der Waals surface area contributed by atoms with E-state index >= 15 is 0 Å². The van der Waals surface area contributed by atoms with Crippen LogP contribution in [0.15, 0.2) is 41.5 Å². The number of H-pyrrole nitrogens is 1. The van der Waals surface area contributed by atoms with Gasteiger partial charge in [0.2, 0.25) is 18.5 Å². The van der Waals surface area contributed by atoms with Crippen molar-refractivity contribution in [2.24, 2.45) is 5.92 Å². The minimum absolute atomic E-state index is 0.0454. The molecule has 0 spiro atoms. The van der Waals surface area contributed by atoms with Crippen molar-refractivity contribution < 1.29 is 37.7 Å². The predicted molar refractivity (Wildman–Crippen MR) is 145 cm³/mol. The lowest BCUT2D eigenvalue weighted by Crippen LogP contribution is -2.36. The van der Waals surface area contributed by atoms with E-state index < -0.39 is 49.5 Å². The first kappa shape index (κ1) is 28.6. The Labute approximate surface area is 234 Å². The third-order valence-corrected chi connectivity index (χ3v) is 8.31.